The van der Waals surface area contributed by atoms with Crippen molar-refractivity contribution in [2.24, 2.45) is 0 Å². The fraction of sp³-hybridized carbons (Fsp3) is 0.273. The number of anilines is 1. The number of hydrogen-bond acceptors (Lipinski definition) is 4. The van der Waals surface area contributed by atoms with Gasteiger partial charge < -0.3 is 10.1 Å². The Morgan fingerprint density at radius 1 is 1.38 bits per heavy atom. The molecule has 0 bridgehead atoms. The maximum Gasteiger partial charge on any atom is 0.249 e. The van der Waals surface area contributed by atoms with E-state index in [0.717, 1.165) is 0 Å². The summed E-state index contributed by atoms with van der Waals surface area (Å²) in [4.78, 5) is 22.4. The van der Waals surface area contributed by atoms with Crippen molar-refractivity contribution in [1.82, 2.24) is 5.32 Å². The van der Waals surface area contributed by atoms with Crippen LogP contribution < -0.4 is 15.4 Å². The van der Waals surface area contributed by atoms with Gasteiger partial charge in [-0.3, -0.25) is 14.9 Å². The van der Waals surface area contributed by atoms with E-state index in [4.69, 9.17) is 4.74 Å². The Bertz CT molecular complexity index is 431. The number of imide groups is 1. The van der Waals surface area contributed by atoms with Gasteiger partial charge in [0.1, 0.15) is 11.8 Å². The van der Waals surface area contributed by atoms with E-state index in [1.165, 1.54) is 0 Å². The molecule has 5 heteroatoms. The number of carbonyl (C=O) groups excluding carboxylic acids is 2. The fourth-order valence-corrected chi connectivity index (χ4v) is 1.62. The molecule has 1 aliphatic rings. The summed E-state index contributed by atoms with van der Waals surface area (Å²) in [6, 6.07) is 6.75. The molecule has 1 aromatic carbocycles. The van der Waals surface area contributed by atoms with Crippen molar-refractivity contribution in [2.75, 3.05) is 12.4 Å². The van der Waals surface area contributed by atoms with Gasteiger partial charge in [0.15, 0.2) is 0 Å². The molecule has 1 aromatic rings. The first-order valence-electron chi connectivity index (χ1n) is 4.94. The molecule has 0 aliphatic carbocycles. The van der Waals surface area contributed by atoms with Crippen LogP contribution in [0.3, 0.4) is 0 Å². The number of nitrogens with one attached hydrogen (secondary N) is 2. The van der Waals surface area contributed by atoms with Gasteiger partial charge >= 0.3 is 0 Å². The van der Waals surface area contributed by atoms with Gasteiger partial charge in [0, 0.05) is 0 Å². The lowest BCUT2D eigenvalue weighted by atomic mass is 10.2. The van der Waals surface area contributed by atoms with Crippen molar-refractivity contribution in [3.05, 3.63) is 24.3 Å². The van der Waals surface area contributed by atoms with E-state index in [9.17, 15) is 9.59 Å². The Labute approximate surface area is 92.8 Å². The van der Waals surface area contributed by atoms with Crippen molar-refractivity contribution in [3.8, 4) is 5.75 Å². The molecule has 5 nitrogen and oxygen atoms in total. The third-order valence-corrected chi connectivity index (χ3v) is 2.41. The highest BCUT2D eigenvalue weighted by Crippen LogP contribution is 2.24. The predicted molar refractivity (Wildman–Crippen MR) is 58.2 cm³/mol. The van der Waals surface area contributed by atoms with Crippen LogP contribution >= 0.6 is 0 Å². The third kappa shape index (κ3) is 1.98. The van der Waals surface area contributed by atoms with Crippen LogP contribution in [0.1, 0.15) is 6.42 Å². The van der Waals surface area contributed by atoms with E-state index in [0.29, 0.717) is 11.4 Å². The smallest absolute Gasteiger partial charge is 0.249 e. The average molecular weight is 220 g/mol. The highest BCUT2D eigenvalue weighted by Gasteiger charge is 2.30. The number of hydrogen-bond donors (Lipinski definition) is 2. The quantitative estimate of drug-likeness (QED) is 0.729. The first-order valence-corrected chi connectivity index (χ1v) is 4.94. The minimum absolute atomic E-state index is 0.164. The van der Waals surface area contributed by atoms with Crippen molar-refractivity contribution in [2.45, 2.75) is 12.5 Å². The van der Waals surface area contributed by atoms with E-state index in [2.05, 4.69) is 10.6 Å². The Morgan fingerprint density at radius 3 is 2.75 bits per heavy atom. The minimum atomic E-state index is -0.510. The second-order valence-corrected chi connectivity index (χ2v) is 3.51. The normalized spacial score (nSPS) is 19.4. The molecule has 16 heavy (non-hydrogen) atoms. The molecule has 0 radical (unpaired) electrons. The summed E-state index contributed by atoms with van der Waals surface area (Å²) in [5, 5.41) is 5.23. The summed E-state index contributed by atoms with van der Waals surface area (Å²) < 4.78 is 5.14. The van der Waals surface area contributed by atoms with Gasteiger partial charge in [-0.25, -0.2) is 0 Å². The van der Waals surface area contributed by atoms with E-state index < -0.39 is 6.04 Å². The SMILES string of the molecule is COc1ccccc1NC1CC(=O)NC1=O. The van der Waals surface area contributed by atoms with Gasteiger partial charge in [0.25, 0.3) is 0 Å². The number of para-hydroxylation sites is 2. The summed E-state index contributed by atoms with van der Waals surface area (Å²) in [5.41, 5.74) is 0.708. The maximum atomic E-state index is 11.4. The lowest BCUT2D eigenvalue weighted by Gasteiger charge is -2.13. The lowest BCUT2D eigenvalue weighted by molar-refractivity contribution is -0.124. The Balaban J connectivity index is 2.14. The zero-order valence-corrected chi connectivity index (χ0v) is 8.82. The third-order valence-electron chi connectivity index (χ3n) is 2.41. The highest BCUT2D eigenvalue weighted by atomic mass is 16.5. The fourth-order valence-electron chi connectivity index (χ4n) is 1.62. The van der Waals surface area contributed by atoms with Gasteiger partial charge in [0.2, 0.25) is 11.8 Å². The van der Waals surface area contributed by atoms with E-state index in [1.807, 2.05) is 12.1 Å². The molecule has 1 heterocycles. The van der Waals surface area contributed by atoms with Crippen LogP contribution in [-0.4, -0.2) is 25.0 Å². The molecule has 2 amide bonds. The van der Waals surface area contributed by atoms with E-state index >= 15 is 0 Å². The monoisotopic (exact) mass is 220 g/mol. The largest absolute Gasteiger partial charge is 0.495 e. The summed E-state index contributed by atoms with van der Waals surface area (Å²) in [7, 11) is 1.56. The Hall–Kier alpha value is -2.04. The molecule has 1 aliphatic heterocycles. The molecule has 1 unspecified atom stereocenters. The maximum absolute atomic E-state index is 11.4. The number of carbonyl (C=O) groups is 2. The van der Waals surface area contributed by atoms with Crippen LogP contribution in [0, 0.1) is 0 Å². The number of methoxy groups -OCH3 is 1. The van der Waals surface area contributed by atoms with Crippen molar-refractivity contribution < 1.29 is 14.3 Å². The van der Waals surface area contributed by atoms with Crippen LogP contribution in [-0.2, 0) is 9.59 Å². The van der Waals surface area contributed by atoms with Crippen LogP contribution in [0.2, 0.25) is 0 Å². The number of rotatable bonds is 3. The number of benzene rings is 1. The van der Waals surface area contributed by atoms with E-state index in [-0.39, 0.29) is 18.2 Å². The molecule has 1 saturated heterocycles. The predicted octanol–water partition coefficient (Wildman–Crippen LogP) is 0.522. The second-order valence-electron chi connectivity index (χ2n) is 3.51. The summed E-state index contributed by atoms with van der Waals surface area (Å²) >= 11 is 0. The molecule has 84 valence electrons. The van der Waals surface area contributed by atoms with E-state index in [1.54, 1.807) is 19.2 Å². The highest BCUT2D eigenvalue weighted by molar-refractivity contribution is 6.06. The second kappa shape index (κ2) is 4.22. The molecule has 2 rings (SSSR count). The number of ether oxygens (including phenoxy) is 1. The van der Waals surface area contributed by atoms with Gasteiger partial charge in [-0.2, -0.15) is 0 Å². The van der Waals surface area contributed by atoms with Crippen LogP contribution in [0.5, 0.6) is 5.75 Å². The van der Waals surface area contributed by atoms with Gasteiger partial charge in [-0.15, -0.1) is 0 Å². The zero-order chi connectivity index (χ0) is 11.5. The van der Waals surface area contributed by atoms with Gasteiger partial charge in [-0.1, -0.05) is 12.1 Å². The van der Waals surface area contributed by atoms with Gasteiger partial charge in [0.05, 0.1) is 19.2 Å². The molecule has 0 aromatic heterocycles. The summed E-state index contributed by atoms with van der Waals surface area (Å²) in [6.45, 7) is 0. The number of amides is 2. The van der Waals surface area contributed by atoms with Crippen molar-refractivity contribution in [3.63, 3.8) is 0 Å². The molecule has 2 N–H and O–H groups in total. The average Bonchev–Trinajstić information content (AvgIpc) is 2.58. The minimum Gasteiger partial charge on any atom is -0.495 e. The molecule has 0 saturated carbocycles. The first kappa shape index (κ1) is 10.5. The van der Waals surface area contributed by atoms with Crippen molar-refractivity contribution in [1.29, 1.82) is 0 Å². The van der Waals surface area contributed by atoms with Crippen molar-refractivity contribution >= 4 is 17.5 Å². The Morgan fingerprint density at radius 2 is 2.12 bits per heavy atom. The van der Waals surface area contributed by atoms with Crippen LogP contribution in [0.4, 0.5) is 5.69 Å². The standard InChI is InChI=1S/C11H12N2O3/c1-16-9-5-3-2-4-7(9)12-8-6-10(14)13-11(8)15/h2-5,8,12H,6H2,1H3,(H,13,14,15). The topological polar surface area (TPSA) is 67.4 Å². The molecular weight excluding hydrogens is 208 g/mol. The summed E-state index contributed by atoms with van der Waals surface area (Å²) in [5.74, 6) is 0.1000. The van der Waals surface area contributed by atoms with Crippen LogP contribution in [0.15, 0.2) is 24.3 Å². The summed E-state index contributed by atoms with van der Waals surface area (Å²) in [6.07, 6.45) is 0.164. The first-order chi connectivity index (χ1) is 7.70. The van der Waals surface area contributed by atoms with Crippen LogP contribution in [0.25, 0.3) is 0 Å². The molecular formula is C11H12N2O3. The Kier molecular flexibility index (Phi) is 2.76. The van der Waals surface area contributed by atoms with Gasteiger partial charge in [-0.05, 0) is 12.1 Å². The molecule has 0 spiro atoms. The molecule has 1 fully saturated rings. The molecule has 1 atom stereocenters. The lowest BCUT2D eigenvalue weighted by Crippen LogP contribution is -2.30. The zero-order valence-electron chi connectivity index (χ0n) is 8.82.